The summed E-state index contributed by atoms with van der Waals surface area (Å²) >= 11 is 0. The highest BCUT2D eigenvalue weighted by molar-refractivity contribution is 7.89. The van der Waals surface area contributed by atoms with Crippen molar-refractivity contribution in [3.05, 3.63) is 78.4 Å². The molecule has 25 heavy (non-hydrogen) atoms. The van der Waals surface area contributed by atoms with E-state index in [1.54, 1.807) is 24.7 Å². The van der Waals surface area contributed by atoms with Crippen molar-refractivity contribution in [3.63, 3.8) is 0 Å². The van der Waals surface area contributed by atoms with Crippen LogP contribution in [-0.4, -0.2) is 18.0 Å². The normalized spacial score (nSPS) is 12.9. The average Bonchev–Trinajstić information content (AvgIpc) is 3.16. The second-order valence-corrected chi connectivity index (χ2v) is 7.62. The highest BCUT2D eigenvalue weighted by atomic mass is 32.2. The third-order valence-corrected chi connectivity index (χ3v) is 5.73. The smallest absolute Gasteiger partial charge is 0.241 e. The number of nitrogens with one attached hydrogen (secondary N) is 1. The van der Waals surface area contributed by atoms with Gasteiger partial charge in [0.2, 0.25) is 10.0 Å². The number of hydrogen-bond donors (Lipinski definition) is 1. The van der Waals surface area contributed by atoms with Crippen LogP contribution < -0.4 is 4.72 Å². The number of hydrogen-bond acceptors (Lipinski definition) is 3. The van der Waals surface area contributed by atoms with Gasteiger partial charge >= 0.3 is 0 Å². The summed E-state index contributed by atoms with van der Waals surface area (Å²) in [5.74, 6) is 0. The monoisotopic (exact) mass is 355 g/mol. The number of aryl methyl sites for hydroxylation is 1. The molecule has 3 rings (SSSR count). The SMILES string of the molecule is CCc1ccc(S(=O)(=O)N[C@H](C)c2ccc(-n3ccnc3)cc2)cc1. The maximum atomic E-state index is 12.5. The van der Waals surface area contributed by atoms with Crippen LogP contribution in [0.4, 0.5) is 0 Å². The van der Waals surface area contributed by atoms with Gasteiger partial charge in [-0.3, -0.25) is 0 Å². The molecule has 0 amide bonds. The molecule has 0 aliphatic rings. The van der Waals surface area contributed by atoms with Crippen molar-refractivity contribution in [2.45, 2.75) is 31.2 Å². The fourth-order valence-electron chi connectivity index (χ4n) is 2.62. The highest BCUT2D eigenvalue weighted by Gasteiger charge is 2.18. The Morgan fingerprint density at radius 2 is 1.76 bits per heavy atom. The van der Waals surface area contributed by atoms with E-state index in [1.807, 2.05) is 61.0 Å². The Morgan fingerprint density at radius 1 is 1.08 bits per heavy atom. The minimum atomic E-state index is -3.55. The summed E-state index contributed by atoms with van der Waals surface area (Å²) in [7, 11) is -3.55. The van der Waals surface area contributed by atoms with Gasteiger partial charge in [-0.15, -0.1) is 0 Å². The van der Waals surface area contributed by atoms with E-state index in [0.29, 0.717) is 0 Å². The van der Waals surface area contributed by atoms with E-state index in [0.717, 1.165) is 23.2 Å². The van der Waals surface area contributed by atoms with Gasteiger partial charge in [0.15, 0.2) is 0 Å². The van der Waals surface area contributed by atoms with Crippen molar-refractivity contribution in [3.8, 4) is 5.69 Å². The quantitative estimate of drug-likeness (QED) is 0.736. The van der Waals surface area contributed by atoms with Gasteiger partial charge in [0.05, 0.1) is 11.2 Å². The molecule has 2 aromatic carbocycles. The Morgan fingerprint density at radius 3 is 2.32 bits per heavy atom. The number of aromatic nitrogens is 2. The van der Waals surface area contributed by atoms with Crippen LogP contribution in [0.5, 0.6) is 0 Å². The lowest BCUT2D eigenvalue weighted by atomic mass is 10.1. The van der Waals surface area contributed by atoms with Crippen LogP contribution in [0.15, 0.2) is 72.1 Å². The molecule has 6 heteroatoms. The molecular weight excluding hydrogens is 334 g/mol. The zero-order chi connectivity index (χ0) is 17.9. The van der Waals surface area contributed by atoms with Crippen LogP contribution in [0.1, 0.15) is 31.0 Å². The number of sulfonamides is 1. The molecule has 0 unspecified atom stereocenters. The number of nitrogens with zero attached hydrogens (tertiary/aromatic N) is 2. The van der Waals surface area contributed by atoms with Crippen molar-refractivity contribution in [2.75, 3.05) is 0 Å². The molecule has 0 radical (unpaired) electrons. The molecule has 0 bridgehead atoms. The predicted octanol–water partition coefficient (Wildman–Crippen LogP) is 3.47. The molecule has 1 N–H and O–H groups in total. The molecule has 3 aromatic rings. The zero-order valence-corrected chi connectivity index (χ0v) is 15.1. The van der Waals surface area contributed by atoms with Gasteiger partial charge < -0.3 is 4.57 Å². The molecule has 0 aliphatic carbocycles. The lowest BCUT2D eigenvalue weighted by molar-refractivity contribution is 0.567. The third-order valence-electron chi connectivity index (χ3n) is 4.17. The van der Waals surface area contributed by atoms with Crippen LogP contribution in [0.25, 0.3) is 5.69 Å². The molecule has 0 saturated heterocycles. The summed E-state index contributed by atoms with van der Waals surface area (Å²) in [6.07, 6.45) is 6.18. The van der Waals surface area contributed by atoms with Crippen molar-refractivity contribution in [2.24, 2.45) is 0 Å². The predicted molar refractivity (Wildman–Crippen MR) is 98.1 cm³/mol. The van der Waals surface area contributed by atoms with E-state index in [1.165, 1.54) is 0 Å². The topological polar surface area (TPSA) is 64.0 Å². The highest BCUT2D eigenvalue weighted by Crippen LogP contribution is 2.19. The minimum Gasteiger partial charge on any atom is -0.306 e. The number of imidazole rings is 1. The van der Waals surface area contributed by atoms with Crippen molar-refractivity contribution < 1.29 is 8.42 Å². The standard InChI is InChI=1S/C19H21N3O2S/c1-3-16-4-10-19(11-5-16)25(23,24)21-15(2)17-6-8-18(9-7-17)22-13-12-20-14-22/h4-15,21H,3H2,1-2H3/t15-/m1/s1. The van der Waals surface area contributed by atoms with Gasteiger partial charge in [0.1, 0.15) is 0 Å². The van der Waals surface area contributed by atoms with Gasteiger partial charge in [-0.2, -0.15) is 0 Å². The molecule has 5 nitrogen and oxygen atoms in total. The first kappa shape index (κ1) is 17.4. The first-order chi connectivity index (χ1) is 12.0. The molecule has 1 heterocycles. The fraction of sp³-hybridized carbons (Fsp3) is 0.211. The van der Waals surface area contributed by atoms with Gasteiger partial charge in [-0.1, -0.05) is 31.2 Å². The van der Waals surface area contributed by atoms with E-state index >= 15 is 0 Å². The van der Waals surface area contributed by atoms with Gasteiger partial charge in [0.25, 0.3) is 0 Å². The van der Waals surface area contributed by atoms with Gasteiger partial charge in [-0.25, -0.2) is 18.1 Å². The first-order valence-electron chi connectivity index (χ1n) is 8.19. The Labute approximate surface area is 148 Å². The second-order valence-electron chi connectivity index (χ2n) is 5.90. The maximum absolute atomic E-state index is 12.5. The molecule has 130 valence electrons. The molecule has 1 atom stereocenters. The van der Waals surface area contributed by atoms with Crippen molar-refractivity contribution >= 4 is 10.0 Å². The largest absolute Gasteiger partial charge is 0.306 e. The second kappa shape index (κ2) is 7.21. The molecule has 0 aliphatic heterocycles. The van der Waals surface area contributed by atoms with E-state index in [4.69, 9.17) is 0 Å². The van der Waals surface area contributed by atoms with Crippen molar-refractivity contribution in [1.82, 2.24) is 14.3 Å². The maximum Gasteiger partial charge on any atom is 0.241 e. The Hall–Kier alpha value is -2.44. The molecule has 1 aromatic heterocycles. The summed E-state index contributed by atoms with van der Waals surface area (Å²) in [6.45, 7) is 3.88. The van der Waals surface area contributed by atoms with Crippen LogP contribution in [0, 0.1) is 0 Å². The molecule has 0 spiro atoms. The summed E-state index contributed by atoms with van der Waals surface area (Å²) in [5.41, 5.74) is 2.99. The Bertz CT molecular complexity index is 916. The van der Waals surface area contributed by atoms with E-state index in [2.05, 4.69) is 9.71 Å². The van der Waals surface area contributed by atoms with E-state index < -0.39 is 10.0 Å². The van der Waals surface area contributed by atoms with Crippen LogP contribution in [0.2, 0.25) is 0 Å². The molecule has 0 fully saturated rings. The number of benzene rings is 2. The van der Waals surface area contributed by atoms with Crippen LogP contribution in [0.3, 0.4) is 0 Å². The average molecular weight is 355 g/mol. The van der Waals surface area contributed by atoms with E-state index in [-0.39, 0.29) is 10.9 Å². The molecule has 0 saturated carbocycles. The fourth-order valence-corrected chi connectivity index (χ4v) is 3.85. The third kappa shape index (κ3) is 3.97. The van der Waals surface area contributed by atoms with Crippen molar-refractivity contribution in [1.29, 1.82) is 0 Å². The van der Waals surface area contributed by atoms with Gasteiger partial charge in [-0.05, 0) is 48.7 Å². The Balaban J connectivity index is 1.75. The summed E-state index contributed by atoms with van der Waals surface area (Å²) in [6, 6.07) is 14.4. The summed E-state index contributed by atoms with van der Waals surface area (Å²) in [5, 5.41) is 0. The lowest BCUT2D eigenvalue weighted by Gasteiger charge is -2.15. The number of rotatable bonds is 6. The van der Waals surface area contributed by atoms with Crippen LogP contribution >= 0.6 is 0 Å². The van der Waals surface area contributed by atoms with Gasteiger partial charge in [0, 0.05) is 24.1 Å². The minimum absolute atomic E-state index is 0.284. The zero-order valence-electron chi connectivity index (χ0n) is 14.3. The van der Waals surface area contributed by atoms with E-state index in [9.17, 15) is 8.42 Å². The van der Waals surface area contributed by atoms with Crippen LogP contribution in [-0.2, 0) is 16.4 Å². The summed E-state index contributed by atoms with van der Waals surface area (Å²) in [4.78, 5) is 4.31. The first-order valence-corrected chi connectivity index (χ1v) is 9.67. The lowest BCUT2D eigenvalue weighted by Crippen LogP contribution is -2.26. The summed E-state index contributed by atoms with van der Waals surface area (Å²) < 4.78 is 29.7. The molecular formula is C19H21N3O2S. The Kier molecular flexibility index (Phi) is 5.01.